The van der Waals surface area contributed by atoms with Gasteiger partial charge in [-0.3, -0.25) is 0 Å². The fourth-order valence-corrected chi connectivity index (χ4v) is 2.98. The molecule has 5 heteroatoms. The Bertz CT molecular complexity index is 576. The minimum Gasteiger partial charge on any atom is -0.248 e. The standard InChI is InChI=1S/C13H14BrN3S/c1-7-5-11(14)12(15-6-7)18-13-16-9(3)8(2)10(4)17-13/h5-6H,1-4H3. The van der Waals surface area contributed by atoms with Crippen LogP contribution in [-0.2, 0) is 0 Å². The highest BCUT2D eigenvalue weighted by atomic mass is 79.9. The van der Waals surface area contributed by atoms with Gasteiger partial charge in [0.2, 0.25) is 0 Å². The third kappa shape index (κ3) is 2.90. The third-order valence-electron chi connectivity index (χ3n) is 2.74. The number of nitrogens with zero attached hydrogens (tertiary/aromatic N) is 3. The number of rotatable bonds is 2. The van der Waals surface area contributed by atoms with Crippen LogP contribution in [0, 0.1) is 27.7 Å². The second-order valence-electron chi connectivity index (χ2n) is 4.20. The van der Waals surface area contributed by atoms with Crippen molar-refractivity contribution in [2.75, 3.05) is 0 Å². The number of aromatic nitrogens is 3. The third-order valence-corrected chi connectivity index (χ3v) is 4.49. The van der Waals surface area contributed by atoms with Crippen LogP contribution in [0.15, 0.2) is 26.9 Å². The molecule has 0 aliphatic rings. The van der Waals surface area contributed by atoms with E-state index in [1.165, 1.54) is 11.8 Å². The van der Waals surface area contributed by atoms with Gasteiger partial charge >= 0.3 is 0 Å². The van der Waals surface area contributed by atoms with E-state index < -0.39 is 0 Å². The van der Waals surface area contributed by atoms with Crippen LogP contribution in [0.1, 0.15) is 22.5 Å². The molecule has 0 saturated carbocycles. The van der Waals surface area contributed by atoms with Gasteiger partial charge in [-0.05, 0) is 72.6 Å². The molecule has 0 bridgehead atoms. The molecule has 0 saturated heterocycles. The molecule has 0 N–H and O–H groups in total. The first-order chi connectivity index (χ1) is 8.47. The predicted molar refractivity (Wildman–Crippen MR) is 77.0 cm³/mol. The van der Waals surface area contributed by atoms with Gasteiger partial charge in [0.05, 0.1) is 4.47 Å². The number of hydrogen-bond donors (Lipinski definition) is 0. The highest BCUT2D eigenvalue weighted by Gasteiger charge is 2.09. The molecule has 0 aliphatic heterocycles. The fourth-order valence-electron chi connectivity index (χ4n) is 1.47. The summed E-state index contributed by atoms with van der Waals surface area (Å²) < 4.78 is 0.979. The summed E-state index contributed by atoms with van der Waals surface area (Å²) in [5.74, 6) is 0. The first-order valence-electron chi connectivity index (χ1n) is 5.59. The van der Waals surface area contributed by atoms with Crippen molar-refractivity contribution in [1.29, 1.82) is 0 Å². The summed E-state index contributed by atoms with van der Waals surface area (Å²) in [6.07, 6.45) is 1.85. The average Bonchev–Trinajstić information content (AvgIpc) is 2.29. The van der Waals surface area contributed by atoms with E-state index in [1.807, 2.05) is 40.0 Å². The number of hydrogen-bond acceptors (Lipinski definition) is 4. The van der Waals surface area contributed by atoms with Crippen molar-refractivity contribution in [2.24, 2.45) is 0 Å². The van der Waals surface area contributed by atoms with Crippen molar-refractivity contribution in [3.05, 3.63) is 39.3 Å². The van der Waals surface area contributed by atoms with E-state index in [0.717, 1.165) is 37.2 Å². The lowest BCUT2D eigenvalue weighted by molar-refractivity contribution is 0.877. The van der Waals surface area contributed by atoms with E-state index in [2.05, 4.69) is 30.9 Å². The second-order valence-corrected chi connectivity index (χ2v) is 6.01. The summed E-state index contributed by atoms with van der Waals surface area (Å²) in [7, 11) is 0. The van der Waals surface area contributed by atoms with Crippen molar-refractivity contribution in [3.63, 3.8) is 0 Å². The van der Waals surface area contributed by atoms with Gasteiger partial charge in [0, 0.05) is 17.6 Å². The second kappa shape index (κ2) is 5.36. The molecule has 0 aromatic carbocycles. The van der Waals surface area contributed by atoms with Crippen LogP contribution in [-0.4, -0.2) is 15.0 Å². The molecule has 2 rings (SSSR count). The molecule has 0 fully saturated rings. The summed E-state index contributed by atoms with van der Waals surface area (Å²) in [4.78, 5) is 13.4. The van der Waals surface area contributed by atoms with Gasteiger partial charge in [0.15, 0.2) is 5.16 Å². The highest BCUT2D eigenvalue weighted by molar-refractivity contribution is 9.10. The molecule has 2 aromatic rings. The molecular formula is C13H14BrN3S. The maximum atomic E-state index is 4.48. The Kier molecular flexibility index (Phi) is 4.02. The van der Waals surface area contributed by atoms with Gasteiger partial charge in [-0.1, -0.05) is 0 Å². The minimum absolute atomic E-state index is 0.743. The Morgan fingerprint density at radius 3 is 2.22 bits per heavy atom. The summed E-state index contributed by atoms with van der Waals surface area (Å²) in [5, 5.41) is 1.64. The van der Waals surface area contributed by atoms with Gasteiger partial charge < -0.3 is 0 Å². The smallest absolute Gasteiger partial charge is 0.194 e. The summed E-state index contributed by atoms with van der Waals surface area (Å²) >= 11 is 5.00. The maximum absolute atomic E-state index is 4.48. The van der Waals surface area contributed by atoms with Gasteiger partial charge in [-0.15, -0.1) is 0 Å². The van der Waals surface area contributed by atoms with Crippen LogP contribution < -0.4 is 0 Å². The number of aryl methyl sites for hydroxylation is 3. The van der Waals surface area contributed by atoms with Crippen LogP contribution in [0.25, 0.3) is 0 Å². The molecule has 0 spiro atoms. The van der Waals surface area contributed by atoms with Gasteiger partial charge in [-0.25, -0.2) is 15.0 Å². The Morgan fingerprint density at radius 2 is 1.67 bits per heavy atom. The van der Waals surface area contributed by atoms with E-state index in [0.29, 0.717) is 0 Å². The Balaban J connectivity index is 2.34. The first-order valence-corrected chi connectivity index (χ1v) is 7.20. The SMILES string of the molecule is Cc1cnc(Sc2nc(C)c(C)c(C)n2)c(Br)c1. The Hall–Kier alpha value is -0.940. The van der Waals surface area contributed by atoms with Gasteiger partial charge in [-0.2, -0.15) is 0 Å². The Labute approximate surface area is 120 Å². The van der Waals surface area contributed by atoms with Crippen molar-refractivity contribution >= 4 is 27.7 Å². The minimum atomic E-state index is 0.743. The van der Waals surface area contributed by atoms with Gasteiger partial charge in [0.25, 0.3) is 0 Å². The summed E-state index contributed by atoms with van der Waals surface area (Å²) in [5.41, 5.74) is 4.32. The lowest BCUT2D eigenvalue weighted by atomic mass is 10.2. The van der Waals surface area contributed by atoms with E-state index in [9.17, 15) is 0 Å². The molecule has 0 radical (unpaired) electrons. The molecular weight excluding hydrogens is 310 g/mol. The highest BCUT2D eigenvalue weighted by Crippen LogP contribution is 2.30. The lowest BCUT2D eigenvalue weighted by Crippen LogP contribution is -1.98. The quantitative estimate of drug-likeness (QED) is 0.782. The topological polar surface area (TPSA) is 38.7 Å². The zero-order chi connectivity index (χ0) is 13.3. The predicted octanol–water partition coefficient (Wildman–Crippen LogP) is 4.02. The molecule has 0 aliphatic carbocycles. The Morgan fingerprint density at radius 1 is 1.06 bits per heavy atom. The monoisotopic (exact) mass is 323 g/mol. The number of halogens is 1. The average molecular weight is 324 g/mol. The molecule has 18 heavy (non-hydrogen) atoms. The lowest BCUT2D eigenvalue weighted by Gasteiger charge is -2.07. The van der Waals surface area contributed by atoms with Crippen molar-refractivity contribution in [3.8, 4) is 0 Å². The van der Waals surface area contributed by atoms with Crippen molar-refractivity contribution in [2.45, 2.75) is 37.9 Å². The van der Waals surface area contributed by atoms with Crippen LogP contribution in [0.2, 0.25) is 0 Å². The van der Waals surface area contributed by atoms with Gasteiger partial charge in [0.1, 0.15) is 5.03 Å². The normalized spacial score (nSPS) is 10.7. The summed E-state index contributed by atoms with van der Waals surface area (Å²) in [6.45, 7) is 8.07. The van der Waals surface area contributed by atoms with E-state index in [4.69, 9.17) is 0 Å². The number of pyridine rings is 1. The molecule has 0 amide bonds. The molecule has 3 nitrogen and oxygen atoms in total. The fraction of sp³-hybridized carbons (Fsp3) is 0.308. The molecule has 0 atom stereocenters. The van der Waals surface area contributed by atoms with E-state index >= 15 is 0 Å². The zero-order valence-corrected chi connectivity index (χ0v) is 13.2. The van der Waals surface area contributed by atoms with Crippen LogP contribution in [0.3, 0.4) is 0 Å². The molecule has 94 valence electrons. The molecule has 0 unspecified atom stereocenters. The van der Waals surface area contributed by atoms with E-state index in [1.54, 1.807) is 0 Å². The molecule has 2 aromatic heterocycles. The van der Waals surface area contributed by atoms with Crippen molar-refractivity contribution in [1.82, 2.24) is 15.0 Å². The van der Waals surface area contributed by atoms with Crippen LogP contribution in [0.4, 0.5) is 0 Å². The summed E-state index contributed by atoms with van der Waals surface area (Å²) in [6, 6.07) is 2.04. The van der Waals surface area contributed by atoms with E-state index in [-0.39, 0.29) is 0 Å². The maximum Gasteiger partial charge on any atom is 0.194 e. The van der Waals surface area contributed by atoms with Crippen LogP contribution >= 0.6 is 27.7 Å². The first kappa shape index (κ1) is 13.5. The van der Waals surface area contributed by atoms with Crippen molar-refractivity contribution < 1.29 is 0 Å². The largest absolute Gasteiger partial charge is 0.248 e. The van der Waals surface area contributed by atoms with Crippen LogP contribution in [0.5, 0.6) is 0 Å². The molecule has 2 heterocycles. The zero-order valence-electron chi connectivity index (χ0n) is 10.8.